The SMILES string of the molecule is CC(CCSCCCSCC1CCCCC1)Cc1c(F)cccc1-c1cnc[nH]1. The molecule has 1 aromatic heterocycles. The van der Waals surface area contributed by atoms with Crippen molar-refractivity contribution in [2.24, 2.45) is 11.8 Å². The second-order valence-electron chi connectivity index (χ2n) is 8.37. The Labute approximate surface area is 184 Å². The summed E-state index contributed by atoms with van der Waals surface area (Å²) in [7, 11) is 0. The quantitative estimate of drug-likeness (QED) is 0.357. The summed E-state index contributed by atoms with van der Waals surface area (Å²) in [6, 6.07) is 5.34. The number of rotatable bonds is 12. The summed E-state index contributed by atoms with van der Waals surface area (Å²) in [5, 5.41) is 0. The zero-order chi connectivity index (χ0) is 20.3. The van der Waals surface area contributed by atoms with Crippen molar-refractivity contribution in [2.45, 2.75) is 58.3 Å². The summed E-state index contributed by atoms with van der Waals surface area (Å²) in [4.78, 5) is 7.19. The minimum absolute atomic E-state index is 0.105. The van der Waals surface area contributed by atoms with Gasteiger partial charge in [-0.05, 0) is 78.6 Å². The molecule has 1 unspecified atom stereocenters. The topological polar surface area (TPSA) is 28.7 Å². The Hall–Kier alpha value is -0.940. The van der Waals surface area contributed by atoms with Crippen LogP contribution in [0.15, 0.2) is 30.7 Å². The molecule has 1 aliphatic rings. The fourth-order valence-corrected chi connectivity index (χ4v) is 6.61. The highest BCUT2D eigenvalue weighted by Crippen LogP contribution is 2.28. The van der Waals surface area contributed by atoms with Gasteiger partial charge in [-0.1, -0.05) is 38.3 Å². The zero-order valence-corrected chi connectivity index (χ0v) is 19.3. The number of halogens is 1. The molecule has 0 bridgehead atoms. The molecule has 0 aliphatic heterocycles. The van der Waals surface area contributed by atoms with Crippen LogP contribution < -0.4 is 0 Å². The summed E-state index contributed by atoms with van der Waals surface area (Å²) >= 11 is 4.23. The number of thioether (sulfide) groups is 2. The highest BCUT2D eigenvalue weighted by Gasteiger charge is 2.15. The van der Waals surface area contributed by atoms with E-state index in [1.54, 1.807) is 24.7 Å². The number of hydrogen-bond donors (Lipinski definition) is 1. The van der Waals surface area contributed by atoms with E-state index in [1.807, 2.05) is 6.07 Å². The molecule has 3 rings (SSSR count). The van der Waals surface area contributed by atoms with E-state index in [-0.39, 0.29) is 5.82 Å². The van der Waals surface area contributed by atoms with Gasteiger partial charge in [-0.3, -0.25) is 0 Å². The van der Waals surface area contributed by atoms with Gasteiger partial charge in [-0.2, -0.15) is 23.5 Å². The summed E-state index contributed by atoms with van der Waals surface area (Å²) in [5.74, 6) is 6.47. The number of nitrogens with one attached hydrogen (secondary N) is 1. The Bertz CT molecular complexity index is 699. The Balaban J connectivity index is 1.30. The molecule has 29 heavy (non-hydrogen) atoms. The van der Waals surface area contributed by atoms with Crippen LogP contribution in [0.3, 0.4) is 0 Å². The van der Waals surface area contributed by atoms with Crippen LogP contribution in [0.25, 0.3) is 11.3 Å². The van der Waals surface area contributed by atoms with Crippen molar-refractivity contribution in [1.29, 1.82) is 0 Å². The second kappa shape index (κ2) is 12.7. The smallest absolute Gasteiger partial charge is 0.127 e. The molecule has 1 aliphatic carbocycles. The first-order valence-corrected chi connectivity index (χ1v) is 13.5. The number of aromatic amines is 1. The van der Waals surface area contributed by atoms with Crippen LogP contribution in [0.4, 0.5) is 4.39 Å². The maximum absolute atomic E-state index is 14.5. The average Bonchev–Trinajstić information content (AvgIpc) is 3.27. The number of hydrogen-bond acceptors (Lipinski definition) is 3. The van der Waals surface area contributed by atoms with E-state index < -0.39 is 0 Å². The van der Waals surface area contributed by atoms with Crippen molar-refractivity contribution in [3.8, 4) is 11.3 Å². The predicted octanol–water partition coefficient (Wildman–Crippen LogP) is 7.22. The van der Waals surface area contributed by atoms with Crippen LogP contribution in [0.2, 0.25) is 0 Å². The van der Waals surface area contributed by atoms with E-state index in [1.165, 1.54) is 61.5 Å². The third-order valence-corrected chi connectivity index (χ3v) is 8.26. The van der Waals surface area contributed by atoms with Crippen LogP contribution >= 0.6 is 23.5 Å². The molecule has 5 heteroatoms. The first kappa shape index (κ1) is 22.7. The summed E-state index contributed by atoms with van der Waals surface area (Å²) in [6.07, 6.45) is 13.9. The van der Waals surface area contributed by atoms with Gasteiger partial charge >= 0.3 is 0 Å². The van der Waals surface area contributed by atoms with Gasteiger partial charge in [0.15, 0.2) is 0 Å². The van der Waals surface area contributed by atoms with E-state index in [4.69, 9.17) is 0 Å². The Morgan fingerprint density at radius 3 is 2.76 bits per heavy atom. The van der Waals surface area contributed by atoms with Gasteiger partial charge in [0.2, 0.25) is 0 Å². The molecule has 2 nitrogen and oxygen atoms in total. The molecule has 0 amide bonds. The molecule has 1 fully saturated rings. The van der Waals surface area contributed by atoms with E-state index in [2.05, 4.69) is 40.4 Å². The van der Waals surface area contributed by atoms with E-state index in [9.17, 15) is 4.39 Å². The third-order valence-electron chi connectivity index (χ3n) is 5.87. The largest absolute Gasteiger partial charge is 0.345 e. The Kier molecular flexibility index (Phi) is 9.95. The second-order valence-corrected chi connectivity index (χ2v) is 10.7. The molecule has 0 spiro atoms. The van der Waals surface area contributed by atoms with Crippen LogP contribution in [-0.4, -0.2) is 33.0 Å². The van der Waals surface area contributed by atoms with E-state index in [0.717, 1.165) is 35.6 Å². The zero-order valence-electron chi connectivity index (χ0n) is 17.7. The lowest BCUT2D eigenvalue weighted by Gasteiger charge is -2.20. The summed E-state index contributed by atoms with van der Waals surface area (Å²) in [6.45, 7) is 2.24. The molecular formula is C24H35FN2S2. The minimum atomic E-state index is -0.105. The molecule has 0 radical (unpaired) electrons. The Morgan fingerprint density at radius 1 is 1.14 bits per heavy atom. The van der Waals surface area contributed by atoms with Crippen molar-refractivity contribution in [3.63, 3.8) is 0 Å². The fourth-order valence-electron chi connectivity index (χ4n) is 4.13. The van der Waals surface area contributed by atoms with Crippen molar-refractivity contribution < 1.29 is 4.39 Å². The first-order valence-electron chi connectivity index (χ1n) is 11.2. The van der Waals surface area contributed by atoms with Gasteiger partial charge in [-0.25, -0.2) is 9.37 Å². The minimum Gasteiger partial charge on any atom is -0.345 e. The summed E-state index contributed by atoms with van der Waals surface area (Å²) in [5.41, 5.74) is 2.65. The molecule has 1 aromatic carbocycles. The molecule has 160 valence electrons. The summed E-state index contributed by atoms with van der Waals surface area (Å²) < 4.78 is 14.5. The number of aromatic nitrogens is 2. The predicted molar refractivity (Wildman–Crippen MR) is 127 cm³/mol. The van der Waals surface area contributed by atoms with Gasteiger partial charge in [0.1, 0.15) is 5.82 Å². The van der Waals surface area contributed by atoms with E-state index in [0.29, 0.717) is 5.92 Å². The third kappa shape index (κ3) is 7.67. The van der Waals surface area contributed by atoms with Crippen molar-refractivity contribution in [1.82, 2.24) is 9.97 Å². The maximum Gasteiger partial charge on any atom is 0.127 e. The number of nitrogens with zero attached hydrogens (tertiary/aromatic N) is 1. The van der Waals surface area contributed by atoms with Crippen LogP contribution in [-0.2, 0) is 6.42 Å². The Morgan fingerprint density at radius 2 is 1.97 bits per heavy atom. The number of imidazole rings is 1. The standard InChI is InChI=1S/C24H35FN2S2/c1-19(11-14-28-12-6-13-29-17-20-7-3-2-4-8-20)15-22-21(9-5-10-23(22)25)24-16-26-18-27-24/h5,9-10,16,18-20H,2-4,6-8,11-15,17H2,1H3,(H,26,27). The van der Waals surface area contributed by atoms with Crippen molar-refractivity contribution >= 4 is 23.5 Å². The van der Waals surface area contributed by atoms with E-state index >= 15 is 0 Å². The molecule has 2 aromatic rings. The number of H-pyrrole nitrogens is 1. The van der Waals surface area contributed by atoms with Crippen LogP contribution in [0, 0.1) is 17.7 Å². The maximum atomic E-state index is 14.5. The van der Waals surface area contributed by atoms with Crippen molar-refractivity contribution in [3.05, 3.63) is 42.1 Å². The van der Waals surface area contributed by atoms with Gasteiger partial charge in [-0.15, -0.1) is 0 Å². The number of benzene rings is 1. The molecule has 1 saturated carbocycles. The fraction of sp³-hybridized carbons (Fsp3) is 0.625. The normalized spacial score (nSPS) is 16.2. The lowest BCUT2D eigenvalue weighted by atomic mass is 9.91. The lowest BCUT2D eigenvalue weighted by Crippen LogP contribution is -2.09. The monoisotopic (exact) mass is 434 g/mol. The van der Waals surface area contributed by atoms with Gasteiger partial charge in [0.05, 0.1) is 18.2 Å². The molecule has 0 saturated heterocycles. The first-order chi connectivity index (χ1) is 14.2. The highest BCUT2D eigenvalue weighted by molar-refractivity contribution is 8.00. The van der Waals surface area contributed by atoms with Gasteiger partial charge < -0.3 is 4.98 Å². The molecular weight excluding hydrogens is 399 g/mol. The van der Waals surface area contributed by atoms with Crippen LogP contribution in [0.5, 0.6) is 0 Å². The van der Waals surface area contributed by atoms with Crippen LogP contribution in [0.1, 0.15) is 57.4 Å². The van der Waals surface area contributed by atoms with Gasteiger partial charge in [0, 0.05) is 5.56 Å². The molecule has 1 heterocycles. The lowest BCUT2D eigenvalue weighted by molar-refractivity contribution is 0.391. The average molecular weight is 435 g/mol. The molecule has 1 N–H and O–H groups in total. The van der Waals surface area contributed by atoms with Gasteiger partial charge in [0.25, 0.3) is 0 Å². The highest BCUT2D eigenvalue weighted by atomic mass is 32.2. The van der Waals surface area contributed by atoms with Crippen molar-refractivity contribution in [2.75, 3.05) is 23.0 Å². The molecule has 1 atom stereocenters.